The first-order chi connectivity index (χ1) is 14.7. The topological polar surface area (TPSA) is 104 Å². The van der Waals surface area contributed by atoms with Gasteiger partial charge in [-0.1, -0.05) is 11.3 Å². The number of rotatable bonds is 7. The molecule has 31 heavy (non-hydrogen) atoms. The first-order valence-corrected chi connectivity index (χ1v) is 12.2. The van der Waals surface area contributed by atoms with Crippen LogP contribution in [0.5, 0.6) is 5.75 Å². The molecule has 8 nitrogen and oxygen atoms in total. The molecule has 0 fully saturated rings. The van der Waals surface area contributed by atoms with Gasteiger partial charge in [0, 0.05) is 11.8 Å². The Morgan fingerprint density at radius 3 is 2.39 bits per heavy atom. The summed E-state index contributed by atoms with van der Waals surface area (Å²) in [5.41, 5.74) is 0.961. The van der Waals surface area contributed by atoms with Crippen molar-refractivity contribution in [2.24, 2.45) is 4.99 Å². The van der Waals surface area contributed by atoms with E-state index in [2.05, 4.69) is 4.99 Å². The molecule has 0 unspecified atom stereocenters. The quantitative estimate of drug-likeness (QED) is 0.500. The molecule has 3 aromatic rings. The maximum Gasteiger partial charge on any atom is 0.326 e. The molecule has 0 atom stereocenters. The van der Waals surface area contributed by atoms with Crippen LogP contribution < -0.4 is 9.54 Å². The highest BCUT2D eigenvalue weighted by atomic mass is 32.2. The predicted molar refractivity (Wildman–Crippen MR) is 117 cm³/mol. The molecule has 1 heterocycles. The van der Waals surface area contributed by atoms with Gasteiger partial charge in [-0.2, -0.15) is 4.99 Å². The molecule has 164 valence electrons. The van der Waals surface area contributed by atoms with E-state index in [1.54, 1.807) is 23.6 Å². The molecule has 0 saturated carbocycles. The fourth-order valence-corrected chi connectivity index (χ4v) is 4.57. The van der Waals surface area contributed by atoms with Crippen LogP contribution in [0.15, 0.2) is 52.4 Å². The summed E-state index contributed by atoms with van der Waals surface area (Å²) in [5, 5.41) is 0. The molecule has 3 rings (SSSR count). The number of hydrogen-bond acceptors (Lipinski definition) is 7. The number of benzene rings is 2. The maximum absolute atomic E-state index is 12.7. The normalized spacial score (nSPS) is 12.2. The SMILES string of the molecule is CCOC(=O)Cn1c(=NC(=O)c2ccc(S(C)(=O)=O)cc2)sc2cc(OCC)ccc21. The van der Waals surface area contributed by atoms with E-state index in [4.69, 9.17) is 9.47 Å². The number of ether oxygens (including phenoxy) is 2. The van der Waals surface area contributed by atoms with Crippen LogP contribution in [-0.2, 0) is 25.9 Å². The van der Waals surface area contributed by atoms with E-state index in [-0.39, 0.29) is 23.6 Å². The Morgan fingerprint density at radius 2 is 1.77 bits per heavy atom. The summed E-state index contributed by atoms with van der Waals surface area (Å²) in [5.74, 6) is -0.314. The van der Waals surface area contributed by atoms with E-state index >= 15 is 0 Å². The summed E-state index contributed by atoms with van der Waals surface area (Å²) in [4.78, 5) is 29.5. The van der Waals surface area contributed by atoms with Crippen LogP contribution in [-0.4, -0.2) is 44.3 Å². The summed E-state index contributed by atoms with van der Waals surface area (Å²) < 4.78 is 36.2. The number of aromatic nitrogens is 1. The molecular weight excluding hydrogens is 440 g/mol. The van der Waals surface area contributed by atoms with Gasteiger partial charge in [-0.15, -0.1) is 0 Å². The van der Waals surface area contributed by atoms with Crippen molar-refractivity contribution in [2.75, 3.05) is 19.5 Å². The van der Waals surface area contributed by atoms with Gasteiger partial charge in [-0.05, 0) is 56.3 Å². The molecule has 1 amide bonds. The molecular formula is C21H22N2O6S2. The number of nitrogens with zero attached hydrogens (tertiary/aromatic N) is 2. The average Bonchev–Trinajstić information content (AvgIpc) is 3.04. The Balaban J connectivity index is 2.06. The minimum absolute atomic E-state index is 0.0963. The van der Waals surface area contributed by atoms with Gasteiger partial charge in [-0.3, -0.25) is 9.59 Å². The van der Waals surface area contributed by atoms with Gasteiger partial charge >= 0.3 is 5.97 Å². The molecule has 0 aliphatic rings. The second-order valence-corrected chi connectivity index (χ2v) is 9.58. The minimum atomic E-state index is -3.36. The van der Waals surface area contributed by atoms with Crippen molar-refractivity contribution in [2.45, 2.75) is 25.3 Å². The highest BCUT2D eigenvalue weighted by molar-refractivity contribution is 7.90. The van der Waals surface area contributed by atoms with Crippen LogP contribution in [0.2, 0.25) is 0 Å². The van der Waals surface area contributed by atoms with Crippen LogP contribution in [0.3, 0.4) is 0 Å². The van der Waals surface area contributed by atoms with Crippen molar-refractivity contribution in [1.82, 2.24) is 4.57 Å². The number of sulfone groups is 1. The van der Waals surface area contributed by atoms with Gasteiger partial charge in [-0.25, -0.2) is 8.42 Å². The number of esters is 1. The molecule has 10 heteroatoms. The number of thiazole rings is 1. The summed E-state index contributed by atoms with van der Waals surface area (Å²) in [6, 6.07) is 11.0. The van der Waals surface area contributed by atoms with Crippen molar-refractivity contribution >= 4 is 43.3 Å². The molecule has 0 bridgehead atoms. The highest BCUT2D eigenvalue weighted by Crippen LogP contribution is 2.23. The van der Waals surface area contributed by atoms with Gasteiger partial charge in [0.05, 0.1) is 28.3 Å². The third-order valence-electron chi connectivity index (χ3n) is 4.28. The standard InChI is InChI=1S/C21H22N2O6S2/c1-4-28-15-8-11-17-18(12-15)30-21(23(17)13-19(24)29-5-2)22-20(25)14-6-9-16(10-7-14)31(3,26)27/h6-12H,4-5,13H2,1-3H3. The van der Waals surface area contributed by atoms with Crippen molar-refractivity contribution in [3.8, 4) is 5.75 Å². The first kappa shape index (κ1) is 22.7. The molecule has 0 spiro atoms. The number of fused-ring (bicyclic) bond motifs is 1. The maximum atomic E-state index is 12.7. The zero-order chi connectivity index (χ0) is 22.6. The monoisotopic (exact) mass is 462 g/mol. The fraction of sp³-hybridized carbons (Fsp3) is 0.286. The summed E-state index contributed by atoms with van der Waals surface area (Å²) in [7, 11) is -3.36. The minimum Gasteiger partial charge on any atom is -0.494 e. The molecule has 0 saturated heterocycles. The van der Waals surface area contributed by atoms with Crippen molar-refractivity contribution < 1.29 is 27.5 Å². The summed E-state index contributed by atoms with van der Waals surface area (Å²) in [6.07, 6.45) is 1.10. The van der Waals surface area contributed by atoms with Crippen LogP contribution in [0.25, 0.3) is 10.2 Å². The Labute approximate surface area is 183 Å². The number of amides is 1. The highest BCUT2D eigenvalue weighted by Gasteiger charge is 2.14. The van der Waals surface area contributed by atoms with Crippen molar-refractivity contribution in [1.29, 1.82) is 0 Å². The molecule has 0 aliphatic heterocycles. The lowest BCUT2D eigenvalue weighted by atomic mass is 10.2. The van der Waals surface area contributed by atoms with Crippen molar-refractivity contribution in [3.05, 3.63) is 52.8 Å². The van der Waals surface area contributed by atoms with Gasteiger partial charge in [0.2, 0.25) is 0 Å². The second kappa shape index (κ2) is 9.44. The predicted octanol–water partition coefficient (Wildman–Crippen LogP) is 2.81. The van der Waals surface area contributed by atoms with Gasteiger partial charge in [0.1, 0.15) is 12.3 Å². The number of carbonyl (C=O) groups is 2. The van der Waals surface area contributed by atoms with E-state index in [1.165, 1.54) is 35.6 Å². The van der Waals surface area contributed by atoms with Gasteiger partial charge in [0.25, 0.3) is 5.91 Å². The van der Waals surface area contributed by atoms with Crippen LogP contribution in [0.4, 0.5) is 0 Å². The zero-order valence-corrected chi connectivity index (χ0v) is 19.0. The lowest BCUT2D eigenvalue weighted by Gasteiger charge is -2.06. The first-order valence-electron chi connectivity index (χ1n) is 9.54. The van der Waals surface area contributed by atoms with Crippen LogP contribution in [0.1, 0.15) is 24.2 Å². The lowest BCUT2D eigenvalue weighted by Crippen LogP contribution is -2.23. The van der Waals surface area contributed by atoms with E-state index in [1.807, 2.05) is 13.0 Å². The van der Waals surface area contributed by atoms with Gasteiger partial charge in [0.15, 0.2) is 14.6 Å². The second-order valence-electron chi connectivity index (χ2n) is 6.55. The fourth-order valence-electron chi connectivity index (χ4n) is 2.88. The van der Waals surface area contributed by atoms with Crippen molar-refractivity contribution in [3.63, 3.8) is 0 Å². The van der Waals surface area contributed by atoms with E-state index in [0.29, 0.717) is 17.2 Å². The molecule has 0 N–H and O–H groups in total. The number of hydrogen-bond donors (Lipinski definition) is 0. The van der Waals surface area contributed by atoms with E-state index in [0.717, 1.165) is 16.5 Å². The average molecular weight is 463 g/mol. The Bertz CT molecular complexity index is 1290. The Hall–Kier alpha value is -2.98. The molecule has 2 aromatic carbocycles. The summed E-state index contributed by atoms with van der Waals surface area (Å²) in [6.45, 7) is 4.26. The Kier molecular flexibility index (Phi) is 6.91. The van der Waals surface area contributed by atoms with E-state index in [9.17, 15) is 18.0 Å². The smallest absolute Gasteiger partial charge is 0.326 e. The van der Waals surface area contributed by atoms with Crippen LogP contribution >= 0.6 is 11.3 Å². The lowest BCUT2D eigenvalue weighted by molar-refractivity contribution is -0.143. The summed E-state index contributed by atoms with van der Waals surface area (Å²) >= 11 is 1.25. The molecule has 0 radical (unpaired) electrons. The van der Waals surface area contributed by atoms with Gasteiger partial charge < -0.3 is 14.0 Å². The Morgan fingerprint density at radius 1 is 1.06 bits per heavy atom. The molecule has 0 aliphatic carbocycles. The van der Waals surface area contributed by atoms with Crippen LogP contribution in [0, 0.1) is 0 Å². The largest absolute Gasteiger partial charge is 0.494 e. The third-order valence-corrected chi connectivity index (χ3v) is 6.45. The third kappa shape index (κ3) is 5.39. The number of carbonyl (C=O) groups excluding carboxylic acids is 2. The van der Waals surface area contributed by atoms with E-state index < -0.39 is 21.7 Å². The molecule has 1 aromatic heterocycles. The zero-order valence-electron chi connectivity index (χ0n) is 17.3.